The van der Waals surface area contributed by atoms with E-state index in [0.29, 0.717) is 25.1 Å². The molecule has 2 heterocycles. The zero-order valence-electron chi connectivity index (χ0n) is 12.7. The fraction of sp³-hybridized carbons (Fsp3) is 0.643. The number of amides is 2. The van der Waals surface area contributed by atoms with Crippen molar-refractivity contribution < 1.29 is 14.7 Å². The molecule has 0 spiro atoms. The lowest BCUT2D eigenvalue weighted by Gasteiger charge is -2.37. The fourth-order valence-electron chi connectivity index (χ4n) is 2.47. The second-order valence-corrected chi connectivity index (χ2v) is 6.12. The van der Waals surface area contributed by atoms with Crippen molar-refractivity contribution in [2.24, 2.45) is 5.41 Å². The van der Waals surface area contributed by atoms with Gasteiger partial charge in [-0.3, -0.25) is 9.48 Å². The molecule has 1 saturated heterocycles. The number of aliphatic carboxylic acids is 1. The van der Waals surface area contributed by atoms with Crippen molar-refractivity contribution in [3.05, 3.63) is 12.4 Å². The molecule has 1 unspecified atom stereocenters. The molecular formula is C14H22N4O3. The summed E-state index contributed by atoms with van der Waals surface area (Å²) in [6.45, 7) is 6.49. The molecule has 0 bridgehead atoms. The van der Waals surface area contributed by atoms with Gasteiger partial charge in [0.1, 0.15) is 0 Å². The van der Waals surface area contributed by atoms with Gasteiger partial charge in [0, 0.05) is 25.3 Å². The van der Waals surface area contributed by atoms with E-state index in [2.05, 4.69) is 10.4 Å². The summed E-state index contributed by atoms with van der Waals surface area (Å²) in [5.41, 5.74) is -0.242. The summed E-state index contributed by atoms with van der Waals surface area (Å²) in [6.07, 6.45) is 4.65. The van der Waals surface area contributed by atoms with Crippen LogP contribution in [0.15, 0.2) is 12.4 Å². The quantitative estimate of drug-likeness (QED) is 0.894. The molecule has 1 aliphatic rings. The number of likely N-dealkylation sites (tertiary alicyclic amines) is 1. The zero-order chi connectivity index (χ0) is 15.6. The van der Waals surface area contributed by atoms with E-state index in [0.717, 1.165) is 0 Å². The van der Waals surface area contributed by atoms with Gasteiger partial charge in [0.05, 0.1) is 17.3 Å². The van der Waals surface area contributed by atoms with E-state index < -0.39 is 11.4 Å². The molecule has 116 valence electrons. The number of hydrogen-bond donors (Lipinski definition) is 2. The third kappa shape index (κ3) is 3.34. The van der Waals surface area contributed by atoms with E-state index >= 15 is 0 Å². The molecule has 2 amide bonds. The highest BCUT2D eigenvalue weighted by atomic mass is 16.4. The number of carbonyl (C=O) groups excluding carboxylic acids is 1. The molecule has 2 N–H and O–H groups in total. The van der Waals surface area contributed by atoms with Crippen molar-refractivity contribution >= 4 is 17.7 Å². The van der Waals surface area contributed by atoms with Crippen LogP contribution in [-0.2, 0) is 4.79 Å². The summed E-state index contributed by atoms with van der Waals surface area (Å²) >= 11 is 0. The molecule has 7 heteroatoms. The molecule has 1 aromatic rings. The Hall–Kier alpha value is -2.05. The number of nitrogens with zero attached hydrogens (tertiary/aromatic N) is 3. The second-order valence-electron chi connectivity index (χ2n) is 6.12. The van der Waals surface area contributed by atoms with E-state index in [4.69, 9.17) is 0 Å². The van der Waals surface area contributed by atoms with Gasteiger partial charge in [0.25, 0.3) is 0 Å². The minimum absolute atomic E-state index is 0.223. The van der Waals surface area contributed by atoms with E-state index in [1.54, 1.807) is 28.9 Å². The van der Waals surface area contributed by atoms with E-state index in [1.807, 2.05) is 13.8 Å². The van der Waals surface area contributed by atoms with Gasteiger partial charge < -0.3 is 15.3 Å². The van der Waals surface area contributed by atoms with Gasteiger partial charge in [-0.15, -0.1) is 0 Å². The van der Waals surface area contributed by atoms with Crippen molar-refractivity contribution in [1.29, 1.82) is 0 Å². The Morgan fingerprint density at radius 3 is 2.76 bits per heavy atom. The van der Waals surface area contributed by atoms with Crippen LogP contribution in [0, 0.1) is 5.41 Å². The first kappa shape index (κ1) is 15.3. The monoisotopic (exact) mass is 294 g/mol. The first-order chi connectivity index (χ1) is 9.82. The maximum Gasteiger partial charge on any atom is 0.321 e. The van der Waals surface area contributed by atoms with E-state index in [1.165, 1.54) is 0 Å². The highest BCUT2D eigenvalue weighted by Gasteiger charge is 2.39. The topological polar surface area (TPSA) is 87.5 Å². The molecule has 0 saturated carbocycles. The number of hydrogen-bond acceptors (Lipinski definition) is 3. The lowest BCUT2D eigenvalue weighted by molar-refractivity contribution is -0.150. The maximum absolute atomic E-state index is 12.2. The van der Waals surface area contributed by atoms with Crippen molar-refractivity contribution in [2.45, 2.75) is 39.7 Å². The van der Waals surface area contributed by atoms with Gasteiger partial charge in [0.2, 0.25) is 0 Å². The number of urea groups is 1. The smallest absolute Gasteiger partial charge is 0.321 e. The SMILES string of the molecule is CC(C)n1cc(NC(=O)N2CCCC(C)(C(=O)O)C2)cn1. The number of nitrogens with one attached hydrogen (secondary N) is 1. The molecule has 1 aromatic heterocycles. The molecule has 0 aliphatic carbocycles. The van der Waals surface area contributed by atoms with Crippen LogP contribution < -0.4 is 5.32 Å². The van der Waals surface area contributed by atoms with Crippen molar-refractivity contribution in [2.75, 3.05) is 18.4 Å². The summed E-state index contributed by atoms with van der Waals surface area (Å²) in [6, 6.07) is -0.0496. The molecule has 2 rings (SSSR count). The Morgan fingerprint density at radius 2 is 2.19 bits per heavy atom. The average Bonchev–Trinajstić information content (AvgIpc) is 2.87. The molecular weight excluding hydrogens is 272 g/mol. The Balaban J connectivity index is 2.01. The first-order valence-electron chi connectivity index (χ1n) is 7.15. The Morgan fingerprint density at radius 1 is 1.48 bits per heavy atom. The third-order valence-corrected chi connectivity index (χ3v) is 3.88. The van der Waals surface area contributed by atoms with Crippen LogP contribution >= 0.6 is 0 Å². The number of piperidine rings is 1. The molecule has 0 aromatic carbocycles. The third-order valence-electron chi connectivity index (χ3n) is 3.88. The Bertz CT molecular complexity index is 540. The lowest BCUT2D eigenvalue weighted by Crippen LogP contribution is -2.49. The van der Waals surface area contributed by atoms with E-state index in [9.17, 15) is 14.7 Å². The van der Waals surface area contributed by atoms with Crippen LogP contribution in [0.1, 0.15) is 39.7 Å². The predicted molar refractivity (Wildman–Crippen MR) is 78.2 cm³/mol. The number of carbonyl (C=O) groups is 2. The molecule has 21 heavy (non-hydrogen) atoms. The minimum Gasteiger partial charge on any atom is -0.481 e. The number of carboxylic acids is 1. The van der Waals surface area contributed by atoms with Crippen molar-refractivity contribution in [1.82, 2.24) is 14.7 Å². The molecule has 1 aliphatic heterocycles. The van der Waals surface area contributed by atoms with Crippen LogP contribution in [0.2, 0.25) is 0 Å². The number of rotatable bonds is 3. The highest BCUT2D eigenvalue weighted by Crippen LogP contribution is 2.30. The number of carboxylic acid groups (broad SMARTS) is 1. The largest absolute Gasteiger partial charge is 0.481 e. The van der Waals surface area contributed by atoms with Gasteiger partial charge in [-0.05, 0) is 33.6 Å². The van der Waals surface area contributed by atoms with Gasteiger partial charge in [-0.2, -0.15) is 5.10 Å². The lowest BCUT2D eigenvalue weighted by atomic mass is 9.82. The number of aromatic nitrogens is 2. The standard InChI is InChI=1S/C14H22N4O3/c1-10(2)18-8-11(7-15-18)16-13(21)17-6-4-5-14(3,9-17)12(19)20/h7-8,10H,4-6,9H2,1-3H3,(H,16,21)(H,19,20). The minimum atomic E-state index is -0.863. The van der Waals surface area contributed by atoms with Crippen LogP contribution in [-0.4, -0.2) is 44.9 Å². The summed E-state index contributed by atoms with van der Waals surface area (Å²) in [5, 5.41) is 16.2. The van der Waals surface area contributed by atoms with Crippen LogP contribution in [0.4, 0.5) is 10.5 Å². The van der Waals surface area contributed by atoms with Crippen molar-refractivity contribution in [3.8, 4) is 0 Å². The normalized spacial score (nSPS) is 22.4. The summed E-state index contributed by atoms with van der Waals surface area (Å²) in [4.78, 5) is 25.1. The van der Waals surface area contributed by atoms with Gasteiger partial charge in [-0.1, -0.05) is 0 Å². The van der Waals surface area contributed by atoms with Crippen LogP contribution in [0.25, 0.3) is 0 Å². The summed E-state index contributed by atoms with van der Waals surface area (Å²) in [5.74, 6) is -0.854. The van der Waals surface area contributed by atoms with Gasteiger partial charge >= 0.3 is 12.0 Å². The second kappa shape index (κ2) is 5.75. The maximum atomic E-state index is 12.2. The first-order valence-corrected chi connectivity index (χ1v) is 7.15. The Kier molecular flexibility index (Phi) is 4.20. The van der Waals surface area contributed by atoms with Gasteiger partial charge in [-0.25, -0.2) is 4.79 Å². The van der Waals surface area contributed by atoms with Crippen LogP contribution in [0.3, 0.4) is 0 Å². The average molecular weight is 294 g/mol. The molecule has 1 atom stereocenters. The summed E-state index contributed by atoms with van der Waals surface area (Å²) in [7, 11) is 0. The van der Waals surface area contributed by atoms with E-state index in [-0.39, 0.29) is 18.6 Å². The van der Waals surface area contributed by atoms with Gasteiger partial charge in [0.15, 0.2) is 0 Å². The molecule has 1 fully saturated rings. The Labute approximate surface area is 123 Å². The molecule has 0 radical (unpaired) electrons. The predicted octanol–water partition coefficient (Wildman–Crippen LogP) is 2.18. The number of anilines is 1. The van der Waals surface area contributed by atoms with Crippen LogP contribution in [0.5, 0.6) is 0 Å². The zero-order valence-corrected chi connectivity index (χ0v) is 12.7. The molecule has 7 nitrogen and oxygen atoms in total. The highest BCUT2D eigenvalue weighted by molar-refractivity contribution is 5.89. The van der Waals surface area contributed by atoms with Crippen molar-refractivity contribution in [3.63, 3.8) is 0 Å². The summed E-state index contributed by atoms with van der Waals surface area (Å²) < 4.78 is 1.76. The fourth-order valence-corrected chi connectivity index (χ4v) is 2.47.